The average Bonchev–Trinajstić information content (AvgIpc) is 2.93. The van der Waals surface area contributed by atoms with Gasteiger partial charge in [0, 0.05) is 18.9 Å². The maximum absolute atomic E-state index is 13.4. The molecule has 0 spiro atoms. The molecule has 1 aliphatic carbocycles. The summed E-state index contributed by atoms with van der Waals surface area (Å²) in [4.78, 5) is 0. The highest BCUT2D eigenvalue weighted by Crippen LogP contribution is 2.51. The number of halogens is 2. The Morgan fingerprint density at radius 2 is 1.93 bits per heavy atom. The Morgan fingerprint density at radius 1 is 1.33 bits per heavy atom. The summed E-state index contributed by atoms with van der Waals surface area (Å²) in [5.74, 6) is -3.07. The van der Waals surface area contributed by atoms with Crippen molar-refractivity contribution in [1.82, 2.24) is 0 Å². The first-order chi connectivity index (χ1) is 6.92. The van der Waals surface area contributed by atoms with E-state index in [4.69, 9.17) is 4.74 Å². The van der Waals surface area contributed by atoms with Gasteiger partial charge in [-0.2, -0.15) is 0 Å². The lowest BCUT2D eigenvalue weighted by Gasteiger charge is -2.23. The van der Waals surface area contributed by atoms with E-state index in [1.165, 1.54) is 0 Å². The molecule has 0 aromatic heterocycles. The molecule has 1 aliphatic rings. The van der Waals surface area contributed by atoms with Crippen molar-refractivity contribution in [3.8, 4) is 0 Å². The third kappa shape index (κ3) is 3.71. The van der Waals surface area contributed by atoms with E-state index in [-0.39, 0.29) is 11.8 Å². The molecular weight excluding hydrogens is 198 g/mol. The Balaban J connectivity index is 2.30. The van der Waals surface area contributed by atoms with Crippen LogP contribution in [0.25, 0.3) is 0 Å². The van der Waals surface area contributed by atoms with Gasteiger partial charge in [0.05, 0.1) is 6.61 Å². The zero-order valence-corrected chi connectivity index (χ0v) is 9.98. The minimum absolute atomic E-state index is 0.0116. The lowest BCUT2D eigenvalue weighted by Crippen LogP contribution is -2.25. The summed E-state index contributed by atoms with van der Waals surface area (Å²) in [6, 6.07) is 0. The van der Waals surface area contributed by atoms with Gasteiger partial charge < -0.3 is 4.74 Å². The molecule has 0 radical (unpaired) electrons. The van der Waals surface area contributed by atoms with E-state index in [0.29, 0.717) is 19.6 Å². The fraction of sp³-hybridized carbons (Fsp3) is 1.00. The van der Waals surface area contributed by atoms with Crippen molar-refractivity contribution >= 4 is 0 Å². The van der Waals surface area contributed by atoms with Crippen LogP contribution in [0.3, 0.4) is 0 Å². The van der Waals surface area contributed by atoms with Gasteiger partial charge in [0.25, 0.3) is 0 Å². The molecule has 0 bridgehead atoms. The van der Waals surface area contributed by atoms with Crippen molar-refractivity contribution in [2.75, 3.05) is 13.2 Å². The molecule has 0 saturated heterocycles. The second kappa shape index (κ2) is 4.77. The summed E-state index contributed by atoms with van der Waals surface area (Å²) in [5, 5.41) is 0. The van der Waals surface area contributed by atoms with Gasteiger partial charge in [-0.3, -0.25) is 0 Å². The molecule has 0 atom stereocenters. The molecule has 0 N–H and O–H groups in total. The van der Waals surface area contributed by atoms with Crippen LogP contribution in [-0.2, 0) is 4.74 Å². The van der Waals surface area contributed by atoms with E-state index in [1.54, 1.807) is 13.8 Å². The molecule has 0 aromatic rings. The Kier molecular flexibility index (Phi) is 4.10. The third-order valence-corrected chi connectivity index (χ3v) is 3.40. The normalized spacial score (nSPS) is 19.6. The molecule has 1 nitrogen and oxygen atoms in total. The predicted molar refractivity (Wildman–Crippen MR) is 57.2 cm³/mol. The Labute approximate surface area is 91.2 Å². The van der Waals surface area contributed by atoms with Gasteiger partial charge in [0.1, 0.15) is 0 Å². The number of alkyl halides is 2. The van der Waals surface area contributed by atoms with Crippen LogP contribution in [-0.4, -0.2) is 19.1 Å². The predicted octanol–water partition coefficient (Wildman–Crippen LogP) is 3.87. The van der Waals surface area contributed by atoms with Gasteiger partial charge in [-0.1, -0.05) is 13.8 Å². The molecule has 15 heavy (non-hydrogen) atoms. The molecule has 3 heteroatoms. The summed E-state index contributed by atoms with van der Waals surface area (Å²) >= 11 is 0. The van der Waals surface area contributed by atoms with Crippen molar-refractivity contribution < 1.29 is 13.5 Å². The van der Waals surface area contributed by atoms with Crippen molar-refractivity contribution in [2.24, 2.45) is 11.3 Å². The topological polar surface area (TPSA) is 9.23 Å². The second-order valence-electron chi connectivity index (χ2n) is 5.05. The number of hydrogen-bond acceptors (Lipinski definition) is 1. The molecule has 0 heterocycles. The minimum atomic E-state index is -2.51. The lowest BCUT2D eigenvalue weighted by atomic mass is 9.93. The van der Waals surface area contributed by atoms with Crippen LogP contribution in [0.4, 0.5) is 8.78 Å². The zero-order valence-electron chi connectivity index (χ0n) is 9.98. The Morgan fingerprint density at radius 3 is 2.33 bits per heavy atom. The van der Waals surface area contributed by atoms with Gasteiger partial charge >= 0.3 is 0 Å². The standard InChI is InChI=1S/C12H22F2O/c1-4-15-9-11(5-6-11)7-8-12(13,14)10(2)3/h10H,4-9H2,1-3H3. The van der Waals surface area contributed by atoms with Crippen LogP contribution in [0.1, 0.15) is 46.5 Å². The fourth-order valence-electron chi connectivity index (χ4n) is 1.68. The largest absolute Gasteiger partial charge is 0.381 e. The van der Waals surface area contributed by atoms with E-state index < -0.39 is 11.8 Å². The molecular formula is C12H22F2O. The number of rotatable bonds is 7. The van der Waals surface area contributed by atoms with E-state index in [0.717, 1.165) is 12.8 Å². The van der Waals surface area contributed by atoms with Gasteiger partial charge in [-0.05, 0) is 31.6 Å². The highest BCUT2D eigenvalue weighted by Gasteiger charge is 2.45. The van der Waals surface area contributed by atoms with Crippen LogP contribution < -0.4 is 0 Å². The molecule has 0 amide bonds. The van der Waals surface area contributed by atoms with Crippen LogP contribution in [0.5, 0.6) is 0 Å². The van der Waals surface area contributed by atoms with E-state index >= 15 is 0 Å². The van der Waals surface area contributed by atoms with Gasteiger partial charge in [-0.25, -0.2) is 8.78 Å². The molecule has 0 unspecified atom stereocenters. The summed E-state index contributed by atoms with van der Waals surface area (Å²) in [6.45, 7) is 6.46. The first kappa shape index (κ1) is 12.9. The summed E-state index contributed by atoms with van der Waals surface area (Å²) in [7, 11) is 0. The average molecular weight is 220 g/mol. The summed E-state index contributed by atoms with van der Waals surface area (Å²) in [6.07, 6.45) is 2.73. The highest BCUT2D eigenvalue weighted by molar-refractivity contribution is 4.94. The summed E-state index contributed by atoms with van der Waals surface area (Å²) < 4.78 is 32.1. The van der Waals surface area contributed by atoms with E-state index in [1.807, 2.05) is 6.92 Å². The molecule has 1 saturated carbocycles. The van der Waals surface area contributed by atoms with Crippen LogP contribution in [0.15, 0.2) is 0 Å². The maximum atomic E-state index is 13.4. The van der Waals surface area contributed by atoms with Gasteiger partial charge in [0.15, 0.2) is 0 Å². The molecule has 0 aromatic carbocycles. The van der Waals surface area contributed by atoms with E-state index in [2.05, 4.69) is 0 Å². The van der Waals surface area contributed by atoms with Crippen LogP contribution in [0.2, 0.25) is 0 Å². The quantitative estimate of drug-likeness (QED) is 0.632. The fourth-order valence-corrected chi connectivity index (χ4v) is 1.68. The maximum Gasteiger partial charge on any atom is 0.250 e. The Bertz CT molecular complexity index is 198. The van der Waals surface area contributed by atoms with Gasteiger partial charge in [-0.15, -0.1) is 0 Å². The second-order valence-corrected chi connectivity index (χ2v) is 5.05. The lowest BCUT2D eigenvalue weighted by molar-refractivity contribution is -0.0606. The third-order valence-electron chi connectivity index (χ3n) is 3.40. The molecule has 1 rings (SSSR count). The van der Waals surface area contributed by atoms with Crippen molar-refractivity contribution in [1.29, 1.82) is 0 Å². The molecule has 1 fully saturated rings. The van der Waals surface area contributed by atoms with Crippen molar-refractivity contribution in [3.05, 3.63) is 0 Å². The number of ether oxygens (including phenoxy) is 1. The Hall–Kier alpha value is -0.180. The van der Waals surface area contributed by atoms with Crippen LogP contribution in [0, 0.1) is 11.3 Å². The minimum Gasteiger partial charge on any atom is -0.381 e. The molecule has 90 valence electrons. The number of hydrogen-bond donors (Lipinski definition) is 0. The first-order valence-corrected chi connectivity index (χ1v) is 5.87. The SMILES string of the molecule is CCOCC1(CCC(F)(F)C(C)C)CC1. The van der Waals surface area contributed by atoms with Gasteiger partial charge in [0.2, 0.25) is 5.92 Å². The van der Waals surface area contributed by atoms with Crippen LogP contribution >= 0.6 is 0 Å². The molecule has 0 aliphatic heterocycles. The highest BCUT2D eigenvalue weighted by atomic mass is 19.3. The van der Waals surface area contributed by atoms with Crippen molar-refractivity contribution in [2.45, 2.75) is 52.4 Å². The van der Waals surface area contributed by atoms with E-state index in [9.17, 15) is 8.78 Å². The monoisotopic (exact) mass is 220 g/mol. The zero-order chi connectivity index (χ0) is 11.5. The smallest absolute Gasteiger partial charge is 0.250 e. The van der Waals surface area contributed by atoms with Crippen molar-refractivity contribution in [3.63, 3.8) is 0 Å². The first-order valence-electron chi connectivity index (χ1n) is 5.87. The summed E-state index contributed by atoms with van der Waals surface area (Å²) in [5.41, 5.74) is 0.0916.